The molecule has 3 heteroatoms. The van der Waals surface area contributed by atoms with E-state index in [9.17, 15) is 0 Å². The molecule has 0 aromatic carbocycles. The average Bonchev–Trinajstić information content (AvgIpc) is 2.49. The zero-order chi connectivity index (χ0) is 12.7. The first kappa shape index (κ1) is 13.8. The molecule has 1 rings (SSSR count). The van der Waals surface area contributed by atoms with Crippen molar-refractivity contribution in [3.8, 4) is 0 Å². The maximum atomic E-state index is 4.44. The van der Waals surface area contributed by atoms with Gasteiger partial charge in [-0.1, -0.05) is 43.5 Å². The van der Waals surface area contributed by atoms with Gasteiger partial charge in [0.2, 0.25) is 0 Å². The van der Waals surface area contributed by atoms with Gasteiger partial charge in [-0.3, -0.25) is 4.99 Å². The fraction of sp³-hybridized carbons (Fsp3) is 0.357. The molecular weight excluding hydrogens is 228 g/mol. The van der Waals surface area contributed by atoms with Crippen LogP contribution in [0, 0.1) is 0 Å². The summed E-state index contributed by atoms with van der Waals surface area (Å²) in [6, 6.07) is 0. The lowest BCUT2D eigenvalue weighted by atomic mass is 10.2. The molecule has 0 unspecified atom stereocenters. The maximum Gasteiger partial charge on any atom is 0.105 e. The van der Waals surface area contributed by atoms with Crippen LogP contribution in [0.15, 0.2) is 51.0 Å². The van der Waals surface area contributed by atoms with Gasteiger partial charge in [0, 0.05) is 28.9 Å². The Kier molecular flexibility index (Phi) is 5.84. The van der Waals surface area contributed by atoms with Gasteiger partial charge >= 0.3 is 0 Å². The summed E-state index contributed by atoms with van der Waals surface area (Å²) in [5.74, 6) is 0. The number of hydrogen-bond donors (Lipinski definition) is 1. The lowest BCUT2D eigenvalue weighted by molar-refractivity contribution is 0.903. The van der Waals surface area contributed by atoms with Gasteiger partial charge in [0.15, 0.2) is 0 Å². The van der Waals surface area contributed by atoms with Crippen LogP contribution >= 0.6 is 11.8 Å². The van der Waals surface area contributed by atoms with Crippen LogP contribution in [-0.4, -0.2) is 12.8 Å². The van der Waals surface area contributed by atoms with Crippen molar-refractivity contribution in [1.82, 2.24) is 5.32 Å². The largest absolute Gasteiger partial charge is 0.380 e. The van der Waals surface area contributed by atoms with E-state index < -0.39 is 0 Å². The molecule has 0 aromatic heterocycles. The third-order valence-electron chi connectivity index (χ3n) is 2.39. The van der Waals surface area contributed by atoms with E-state index in [1.165, 1.54) is 10.6 Å². The third kappa shape index (κ3) is 3.63. The molecule has 2 nitrogen and oxygen atoms in total. The van der Waals surface area contributed by atoms with E-state index in [1.807, 2.05) is 26.1 Å². The van der Waals surface area contributed by atoms with Crippen molar-refractivity contribution in [3.63, 3.8) is 0 Å². The summed E-state index contributed by atoms with van der Waals surface area (Å²) in [5, 5.41) is 4.46. The molecule has 0 aromatic rings. The molecule has 92 valence electrons. The summed E-state index contributed by atoms with van der Waals surface area (Å²) < 4.78 is 0. The molecule has 0 aliphatic carbocycles. The van der Waals surface area contributed by atoms with Gasteiger partial charge in [0.1, 0.15) is 5.03 Å². The van der Waals surface area contributed by atoms with Gasteiger partial charge in [0.25, 0.3) is 0 Å². The number of hydrogen-bond acceptors (Lipinski definition) is 3. The molecule has 0 radical (unpaired) electrons. The summed E-state index contributed by atoms with van der Waals surface area (Å²) in [6.07, 6.45) is 9.06. The van der Waals surface area contributed by atoms with Crippen LogP contribution in [0.25, 0.3) is 0 Å². The lowest BCUT2D eigenvalue weighted by Gasteiger charge is -2.08. The number of rotatable bonds is 3. The molecule has 1 N–H and O–H groups in total. The summed E-state index contributed by atoms with van der Waals surface area (Å²) in [6.45, 7) is 10.8. The second kappa shape index (κ2) is 7.17. The number of allylic oxidation sites excluding steroid dienone is 2. The summed E-state index contributed by atoms with van der Waals surface area (Å²) >= 11 is 1.71. The highest BCUT2D eigenvalue weighted by Gasteiger charge is 2.15. The first-order chi connectivity index (χ1) is 8.26. The second-order valence-electron chi connectivity index (χ2n) is 3.56. The Morgan fingerprint density at radius 1 is 1.47 bits per heavy atom. The zero-order valence-electron chi connectivity index (χ0n) is 10.8. The first-order valence-corrected chi connectivity index (χ1v) is 6.71. The normalized spacial score (nSPS) is 22.1. The van der Waals surface area contributed by atoms with E-state index >= 15 is 0 Å². The molecular formula is C14H20N2S. The van der Waals surface area contributed by atoms with Crippen molar-refractivity contribution < 1.29 is 0 Å². The topological polar surface area (TPSA) is 24.4 Å². The van der Waals surface area contributed by atoms with Gasteiger partial charge in [-0.05, 0) is 20.3 Å². The van der Waals surface area contributed by atoms with Crippen LogP contribution in [0.4, 0.5) is 0 Å². The number of thioether (sulfide) groups is 1. The SMILES string of the molecule is C=CC1=C(/N=C\C)SC(=C/CC)/C(=C\C)NC1. The van der Waals surface area contributed by atoms with Gasteiger partial charge in [0.05, 0.1) is 0 Å². The highest BCUT2D eigenvalue weighted by molar-refractivity contribution is 8.07. The Balaban J connectivity index is 3.13. The molecule has 0 fully saturated rings. The predicted octanol–water partition coefficient (Wildman–Crippen LogP) is 4.01. The molecule has 1 aliphatic heterocycles. The Labute approximate surface area is 108 Å². The minimum Gasteiger partial charge on any atom is -0.380 e. The van der Waals surface area contributed by atoms with E-state index in [2.05, 4.69) is 36.0 Å². The predicted molar refractivity (Wildman–Crippen MR) is 79.1 cm³/mol. The molecule has 0 saturated carbocycles. The average molecular weight is 248 g/mol. The monoisotopic (exact) mass is 248 g/mol. The molecule has 17 heavy (non-hydrogen) atoms. The molecule has 1 heterocycles. The van der Waals surface area contributed by atoms with Gasteiger partial charge in [-0.15, -0.1) is 0 Å². The van der Waals surface area contributed by atoms with Crippen LogP contribution in [0.1, 0.15) is 27.2 Å². The molecule has 0 amide bonds. The quantitative estimate of drug-likeness (QED) is 0.763. The molecule has 1 aliphatic rings. The summed E-state index contributed by atoms with van der Waals surface area (Å²) in [4.78, 5) is 5.68. The van der Waals surface area contributed by atoms with Crippen molar-refractivity contribution in [2.24, 2.45) is 4.99 Å². The molecule has 0 atom stereocenters. The Hall–Kier alpha value is -1.22. The fourth-order valence-corrected chi connectivity index (χ4v) is 2.75. The van der Waals surface area contributed by atoms with Gasteiger partial charge in [-0.25, -0.2) is 0 Å². The van der Waals surface area contributed by atoms with Crippen molar-refractivity contribution >= 4 is 18.0 Å². The maximum absolute atomic E-state index is 4.44. The van der Waals surface area contributed by atoms with Gasteiger partial charge in [-0.2, -0.15) is 0 Å². The van der Waals surface area contributed by atoms with Crippen molar-refractivity contribution in [3.05, 3.63) is 46.0 Å². The lowest BCUT2D eigenvalue weighted by Crippen LogP contribution is -2.14. The van der Waals surface area contributed by atoms with E-state index in [0.717, 1.165) is 23.6 Å². The Bertz CT molecular complexity index is 400. The van der Waals surface area contributed by atoms with E-state index in [-0.39, 0.29) is 0 Å². The van der Waals surface area contributed by atoms with Crippen LogP contribution < -0.4 is 5.32 Å². The van der Waals surface area contributed by atoms with Crippen LogP contribution in [-0.2, 0) is 0 Å². The zero-order valence-corrected chi connectivity index (χ0v) is 11.6. The van der Waals surface area contributed by atoms with Crippen LogP contribution in [0.2, 0.25) is 0 Å². The van der Waals surface area contributed by atoms with Crippen LogP contribution in [0.3, 0.4) is 0 Å². The van der Waals surface area contributed by atoms with Crippen molar-refractivity contribution in [2.75, 3.05) is 6.54 Å². The minimum atomic E-state index is 0.782. The van der Waals surface area contributed by atoms with Crippen molar-refractivity contribution in [1.29, 1.82) is 0 Å². The first-order valence-electron chi connectivity index (χ1n) is 5.89. The molecule has 0 spiro atoms. The smallest absolute Gasteiger partial charge is 0.105 e. The second-order valence-corrected chi connectivity index (χ2v) is 4.59. The number of nitrogens with one attached hydrogen (secondary N) is 1. The number of aliphatic imine (C=N–C) groups is 1. The third-order valence-corrected chi connectivity index (χ3v) is 3.55. The highest BCUT2D eigenvalue weighted by Crippen LogP contribution is 2.35. The highest BCUT2D eigenvalue weighted by atomic mass is 32.2. The Morgan fingerprint density at radius 3 is 2.76 bits per heavy atom. The van der Waals surface area contributed by atoms with Crippen molar-refractivity contribution in [2.45, 2.75) is 27.2 Å². The van der Waals surface area contributed by atoms with E-state index in [1.54, 1.807) is 11.8 Å². The fourth-order valence-electron chi connectivity index (χ4n) is 1.55. The van der Waals surface area contributed by atoms with E-state index in [4.69, 9.17) is 0 Å². The summed E-state index contributed by atoms with van der Waals surface area (Å²) in [5.41, 5.74) is 2.32. The summed E-state index contributed by atoms with van der Waals surface area (Å²) in [7, 11) is 0. The Morgan fingerprint density at radius 2 is 2.24 bits per heavy atom. The van der Waals surface area contributed by atoms with E-state index in [0.29, 0.717) is 0 Å². The minimum absolute atomic E-state index is 0.782. The molecule has 0 bridgehead atoms. The van der Waals surface area contributed by atoms with Gasteiger partial charge < -0.3 is 5.32 Å². The number of nitrogens with zero attached hydrogens (tertiary/aromatic N) is 1. The standard InChI is InChI=1S/C14H20N2S/c1-5-9-13-12(7-3)16-10-11(6-2)14(17-13)15-8-4/h6-9,16H,2,5,10H2,1,3-4H3/b12-7+,13-9+,15-8-. The van der Waals surface area contributed by atoms with Crippen LogP contribution in [0.5, 0.6) is 0 Å². The molecule has 0 saturated heterocycles.